The molecule has 4 heterocycles. The van der Waals surface area contributed by atoms with Gasteiger partial charge in [-0.05, 0) is 36.3 Å². The van der Waals surface area contributed by atoms with E-state index in [1.54, 1.807) is 0 Å². The Morgan fingerprint density at radius 2 is 2.16 bits per heavy atom. The van der Waals surface area contributed by atoms with Gasteiger partial charge in [0, 0.05) is 24.4 Å². The molecular weight excluding hydrogens is 426 g/mol. The monoisotopic (exact) mass is 451 g/mol. The van der Waals surface area contributed by atoms with Crippen molar-refractivity contribution in [2.24, 2.45) is 5.10 Å². The lowest BCUT2D eigenvalue weighted by Gasteiger charge is -2.31. The molecule has 3 aromatic rings. The van der Waals surface area contributed by atoms with Crippen LogP contribution in [0.25, 0.3) is 11.0 Å². The van der Waals surface area contributed by atoms with E-state index in [0.29, 0.717) is 35.7 Å². The SMILES string of the molecule is CCc1ccc2occ(/C=N/Nc3nc4c(c(N5CCOCC5)n3)CSCC4)c(=O)c2c1. The number of aromatic nitrogens is 2. The summed E-state index contributed by atoms with van der Waals surface area (Å²) in [6.07, 6.45) is 4.67. The number of hydrazone groups is 1. The number of ether oxygens (including phenoxy) is 1. The smallest absolute Gasteiger partial charge is 0.245 e. The largest absolute Gasteiger partial charge is 0.463 e. The third kappa shape index (κ3) is 4.22. The second kappa shape index (κ2) is 9.30. The predicted octanol–water partition coefficient (Wildman–Crippen LogP) is 3.22. The van der Waals surface area contributed by atoms with E-state index in [0.717, 1.165) is 54.5 Å². The van der Waals surface area contributed by atoms with Gasteiger partial charge in [-0.2, -0.15) is 21.8 Å². The Morgan fingerprint density at radius 3 is 3.00 bits per heavy atom. The van der Waals surface area contributed by atoms with E-state index in [1.165, 1.54) is 18.0 Å². The van der Waals surface area contributed by atoms with Crippen molar-refractivity contribution in [2.45, 2.75) is 25.5 Å². The number of rotatable bonds is 5. The minimum atomic E-state index is -0.107. The molecule has 0 amide bonds. The minimum absolute atomic E-state index is 0.107. The Bertz CT molecular complexity index is 1220. The maximum absolute atomic E-state index is 12.9. The summed E-state index contributed by atoms with van der Waals surface area (Å²) in [5.74, 6) is 3.36. The molecule has 32 heavy (non-hydrogen) atoms. The van der Waals surface area contributed by atoms with Crippen LogP contribution in [0.4, 0.5) is 11.8 Å². The Hall–Kier alpha value is -2.91. The predicted molar refractivity (Wildman–Crippen MR) is 128 cm³/mol. The van der Waals surface area contributed by atoms with E-state index in [2.05, 4.69) is 27.3 Å². The fourth-order valence-electron chi connectivity index (χ4n) is 3.96. The molecule has 166 valence electrons. The minimum Gasteiger partial charge on any atom is -0.463 e. The lowest BCUT2D eigenvalue weighted by atomic mass is 10.1. The van der Waals surface area contributed by atoms with E-state index in [9.17, 15) is 4.79 Å². The number of aryl methyl sites for hydroxylation is 2. The van der Waals surface area contributed by atoms with E-state index in [1.807, 2.05) is 30.0 Å². The van der Waals surface area contributed by atoms with Crippen molar-refractivity contribution in [1.82, 2.24) is 9.97 Å². The highest BCUT2D eigenvalue weighted by molar-refractivity contribution is 7.98. The number of nitrogens with zero attached hydrogens (tertiary/aromatic N) is 4. The van der Waals surface area contributed by atoms with Crippen LogP contribution in [0.15, 0.2) is 38.8 Å². The zero-order valence-corrected chi connectivity index (χ0v) is 18.8. The fourth-order valence-corrected chi connectivity index (χ4v) is 4.95. The number of fused-ring (bicyclic) bond motifs is 2. The van der Waals surface area contributed by atoms with E-state index in [-0.39, 0.29) is 5.43 Å². The third-order valence-corrected chi connectivity index (χ3v) is 6.74. The van der Waals surface area contributed by atoms with E-state index < -0.39 is 0 Å². The topological polar surface area (TPSA) is 92.8 Å². The fraction of sp³-hybridized carbons (Fsp3) is 0.391. The summed E-state index contributed by atoms with van der Waals surface area (Å²) >= 11 is 1.91. The summed E-state index contributed by atoms with van der Waals surface area (Å²) in [7, 11) is 0. The van der Waals surface area contributed by atoms with Crippen molar-refractivity contribution in [1.29, 1.82) is 0 Å². The van der Waals surface area contributed by atoms with Gasteiger partial charge in [-0.15, -0.1) is 0 Å². The Morgan fingerprint density at radius 1 is 1.28 bits per heavy atom. The van der Waals surface area contributed by atoms with Crippen LogP contribution in [-0.4, -0.2) is 48.2 Å². The molecule has 2 aliphatic heterocycles. The Labute approximate surface area is 190 Å². The molecule has 0 aliphatic carbocycles. The van der Waals surface area contributed by atoms with Crippen molar-refractivity contribution in [3.8, 4) is 0 Å². The summed E-state index contributed by atoms with van der Waals surface area (Å²) in [4.78, 5) is 24.6. The van der Waals surface area contributed by atoms with Crippen LogP contribution >= 0.6 is 11.8 Å². The van der Waals surface area contributed by atoms with Crippen molar-refractivity contribution in [3.63, 3.8) is 0 Å². The molecule has 0 bridgehead atoms. The van der Waals surface area contributed by atoms with Crippen LogP contribution in [0.3, 0.4) is 0 Å². The highest BCUT2D eigenvalue weighted by Gasteiger charge is 2.23. The zero-order valence-electron chi connectivity index (χ0n) is 18.0. The summed E-state index contributed by atoms with van der Waals surface area (Å²) in [5, 5.41) is 4.81. The first kappa shape index (κ1) is 21.0. The first-order chi connectivity index (χ1) is 15.7. The first-order valence-corrected chi connectivity index (χ1v) is 12.0. The molecule has 0 radical (unpaired) electrons. The molecule has 1 N–H and O–H groups in total. The highest BCUT2D eigenvalue weighted by Crippen LogP contribution is 2.31. The van der Waals surface area contributed by atoms with Gasteiger partial charge in [-0.1, -0.05) is 13.0 Å². The molecule has 9 heteroatoms. The number of hydrogen-bond acceptors (Lipinski definition) is 9. The highest BCUT2D eigenvalue weighted by atomic mass is 32.2. The third-order valence-electron chi connectivity index (χ3n) is 5.75. The Balaban J connectivity index is 1.42. The lowest BCUT2D eigenvalue weighted by Crippen LogP contribution is -2.38. The number of nitrogens with one attached hydrogen (secondary N) is 1. The molecular formula is C23H25N5O3S. The zero-order chi connectivity index (χ0) is 21.9. The average molecular weight is 452 g/mol. The van der Waals surface area contributed by atoms with Gasteiger partial charge < -0.3 is 14.1 Å². The summed E-state index contributed by atoms with van der Waals surface area (Å²) in [6, 6.07) is 5.69. The van der Waals surface area contributed by atoms with Crippen LogP contribution in [-0.2, 0) is 23.3 Å². The molecule has 1 saturated heterocycles. The molecule has 2 aliphatic rings. The van der Waals surface area contributed by atoms with Crippen LogP contribution < -0.4 is 15.8 Å². The molecule has 2 aromatic heterocycles. The van der Waals surface area contributed by atoms with Gasteiger partial charge in [0.25, 0.3) is 0 Å². The maximum Gasteiger partial charge on any atom is 0.245 e. The quantitative estimate of drug-likeness (QED) is 0.467. The molecule has 5 rings (SSSR count). The molecule has 0 saturated carbocycles. The molecule has 8 nitrogen and oxygen atoms in total. The average Bonchev–Trinajstić information content (AvgIpc) is 2.85. The van der Waals surface area contributed by atoms with Crippen LogP contribution in [0.5, 0.6) is 0 Å². The summed E-state index contributed by atoms with van der Waals surface area (Å²) in [5.41, 5.74) is 7.13. The molecule has 0 unspecified atom stereocenters. The first-order valence-electron chi connectivity index (χ1n) is 10.9. The standard InChI is InChI=1S/C23H25N5O3S/c1-2-15-3-4-20-17(11-15)21(29)16(13-31-20)12-24-27-23-25-19-5-10-32-14-18(19)22(26-23)28-6-8-30-9-7-28/h3-4,11-13H,2,5-10,14H2,1H3,(H,25,26,27)/b24-12+. The summed E-state index contributed by atoms with van der Waals surface area (Å²) in [6.45, 7) is 5.08. The number of benzene rings is 1. The van der Waals surface area contributed by atoms with Crippen molar-refractivity contribution < 1.29 is 9.15 Å². The Kier molecular flexibility index (Phi) is 6.09. The van der Waals surface area contributed by atoms with Crippen molar-refractivity contribution in [3.05, 3.63) is 57.1 Å². The van der Waals surface area contributed by atoms with Gasteiger partial charge in [0.05, 0.1) is 36.1 Å². The lowest BCUT2D eigenvalue weighted by molar-refractivity contribution is 0.122. The molecule has 1 aromatic carbocycles. The van der Waals surface area contributed by atoms with E-state index >= 15 is 0 Å². The van der Waals surface area contributed by atoms with Gasteiger partial charge in [0.1, 0.15) is 17.7 Å². The van der Waals surface area contributed by atoms with Gasteiger partial charge >= 0.3 is 0 Å². The van der Waals surface area contributed by atoms with Crippen molar-refractivity contribution >= 4 is 40.7 Å². The van der Waals surface area contributed by atoms with Crippen LogP contribution in [0.1, 0.15) is 29.3 Å². The maximum atomic E-state index is 12.9. The van der Waals surface area contributed by atoms with Gasteiger partial charge in [0.2, 0.25) is 11.4 Å². The summed E-state index contributed by atoms with van der Waals surface area (Å²) < 4.78 is 11.1. The second-order valence-corrected chi connectivity index (χ2v) is 8.88. The number of hydrogen-bond donors (Lipinski definition) is 1. The molecule has 0 spiro atoms. The number of thioether (sulfide) groups is 1. The number of anilines is 2. The molecule has 1 fully saturated rings. The van der Waals surface area contributed by atoms with E-state index in [4.69, 9.17) is 14.1 Å². The van der Waals surface area contributed by atoms with Crippen molar-refractivity contribution in [2.75, 3.05) is 42.4 Å². The van der Waals surface area contributed by atoms with Gasteiger partial charge in [-0.3, -0.25) is 4.79 Å². The van der Waals surface area contributed by atoms with Gasteiger partial charge in [0.15, 0.2) is 0 Å². The molecule has 0 atom stereocenters. The van der Waals surface area contributed by atoms with Gasteiger partial charge in [-0.25, -0.2) is 10.4 Å². The normalized spacial score (nSPS) is 16.5. The number of morpholine rings is 1. The second-order valence-electron chi connectivity index (χ2n) is 7.77. The van der Waals surface area contributed by atoms with Crippen LogP contribution in [0.2, 0.25) is 0 Å². The van der Waals surface area contributed by atoms with Crippen LogP contribution in [0, 0.1) is 0 Å².